The van der Waals surface area contributed by atoms with Crippen molar-refractivity contribution in [3.63, 3.8) is 0 Å². The smallest absolute Gasteiger partial charge is 0.222 e. The van der Waals surface area contributed by atoms with Crippen molar-refractivity contribution in [2.24, 2.45) is 0 Å². The normalized spacial score (nSPS) is 10.0. The molecule has 0 unspecified atom stereocenters. The summed E-state index contributed by atoms with van der Waals surface area (Å²) in [5, 5.41) is 6.02. The molecule has 1 amide bonds. The number of aromatic nitrogens is 1. The van der Waals surface area contributed by atoms with Crippen molar-refractivity contribution < 1.29 is 9.59 Å². The van der Waals surface area contributed by atoms with Gasteiger partial charge in [0.25, 0.3) is 0 Å². The van der Waals surface area contributed by atoms with E-state index in [2.05, 4.69) is 15.6 Å². The van der Waals surface area contributed by atoms with Crippen LogP contribution in [0.3, 0.4) is 0 Å². The van der Waals surface area contributed by atoms with Crippen LogP contribution in [-0.2, 0) is 11.3 Å². The summed E-state index contributed by atoms with van der Waals surface area (Å²) < 4.78 is 0. The molecule has 1 aromatic heterocycles. The largest absolute Gasteiger partial charge is 0.385 e. The number of Topliss-reactive ketones (excluding diaryl/α,β-unsaturated/α-hetero) is 1. The van der Waals surface area contributed by atoms with E-state index in [-0.39, 0.29) is 11.7 Å². The van der Waals surface area contributed by atoms with Gasteiger partial charge >= 0.3 is 0 Å². The fourth-order valence-corrected chi connectivity index (χ4v) is 1.93. The van der Waals surface area contributed by atoms with E-state index >= 15 is 0 Å². The van der Waals surface area contributed by atoms with Gasteiger partial charge in [0.15, 0.2) is 5.78 Å². The first-order chi connectivity index (χ1) is 10.6. The predicted octanol–water partition coefficient (Wildman–Crippen LogP) is 2.40. The van der Waals surface area contributed by atoms with Crippen molar-refractivity contribution in [1.29, 1.82) is 0 Å². The highest BCUT2D eigenvalue weighted by Crippen LogP contribution is 2.09. The van der Waals surface area contributed by atoms with Crippen molar-refractivity contribution in [2.75, 3.05) is 11.9 Å². The van der Waals surface area contributed by atoms with Gasteiger partial charge in [0.1, 0.15) is 0 Å². The Morgan fingerprint density at radius 3 is 2.36 bits per heavy atom. The van der Waals surface area contributed by atoms with Crippen molar-refractivity contribution in [3.05, 3.63) is 59.9 Å². The number of benzene rings is 1. The molecule has 0 fully saturated rings. The van der Waals surface area contributed by atoms with E-state index in [1.165, 1.54) is 6.92 Å². The highest BCUT2D eigenvalue weighted by molar-refractivity contribution is 5.94. The number of rotatable bonds is 7. The maximum absolute atomic E-state index is 11.7. The van der Waals surface area contributed by atoms with E-state index in [1.54, 1.807) is 24.5 Å². The van der Waals surface area contributed by atoms with Gasteiger partial charge in [-0.05, 0) is 48.9 Å². The Bertz CT molecular complexity index is 624. The Hall–Kier alpha value is -2.69. The second-order valence-corrected chi connectivity index (χ2v) is 4.94. The topological polar surface area (TPSA) is 71.1 Å². The quantitative estimate of drug-likeness (QED) is 0.770. The van der Waals surface area contributed by atoms with Gasteiger partial charge in [-0.15, -0.1) is 0 Å². The molecular formula is C17H19N3O2. The first kappa shape index (κ1) is 15.7. The zero-order valence-electron chi connectivity index (χ0n) is 12.5. The average Bonchev–Trinajstić information content (AvgIpc) is 2.54. The number of anilines is 1. The molecule has 0 bridgehead atoms. The first-order valence-corrected chi connectivity index (χ1v) is 7.15. The van der Waals surface area contributed by atoms with Crippen molar-refractivity contribution in [1.82, 2.24) is 10.3 Å². The zero-order chi connectivity index (χ0) is 15.8. The highest BCUT2D eigenvalue weighted by Gasteiger charge is 2.02. The molecule has 0 atom stereocenters. The number of amides is 1. The molecule has 0 saturated heterocycles. The molecule has 5 nitrogen and oxygen atoms in total. The van der Waals surface area contributed by atoms with Crippen LogP contribution < -0.4 is 10.6 Å². The Kier molecular flexibility index (Phi) is 5.65. The molecule has 0 radical (unpaired) electrons. The predicted molar refractivity (Wildman–Crippen MR) is 85.6 cm³/mol. The van der Waals surface area contributed by atoms with Crippen molar-refractivity contribution >= 4 is 17.4 Å². The minimum Gasteiger partial charge on any atom is -0.385 e. The molecule has 0 saturated carbocycles. The van der Waals surface area contributed by atoms with Gasteiger partial charge in [-0.25, -0.2) is 0 Å². The van der Waals surface area contributed by atoms with Gasteiger partial charge in [0, 0.05) is 43.2 Å². The third-order valence-electron chi connectivity index (χ3n) is 3.21. The van der Waals surface area contributed by atoms with Crippen LogP contribution in [0.2, 0.25) is 0 Å². The molecule has 2 rings (SSSR count). The fraction of sp³-hybridized carbons (Fsp3) is 0.235. The van der Waals surface area contributed by atoms with E-state index in [4.69, 9.17) is 0 Å². The third kappa shape index (κ3) is 5.01. The molecule has 0 aliphatic carbocycles. The lowest BCUT2D eigenvalue weighted by atomic mass is 10.1. The molecule has 2 N–H and O–H groups in total. The Balaban J connectivity index is 1.69. The van der Waals surface area contributed by atoms with Gasteiger partial charge in [-0.2, -0.15) is 0 Å². The van der Waals surface area contributed by atoms with E-state index in [0.717, 1.165) is 11.3 Å². The first-order valence-electron chi connectivity index (χ1n) is 7.15. The van der Waals surface area contributed by atoms with Gasteiger partial charge < -0.3 is 10.6 Å². The molecule has 114 valence electrons. The molecular weight excluding hydrogens is 278 g/mol. The second-order valence-electron chi connectivity index (χ2n) is 4.94. The molecule has 5 heteroatoms. The van der Waals surface area contributed by atoms with Gasteiger partial charge in [0.2, 0.25) is 5.91 Å². The summed E-state index contributed by atoms with van der Waals surface area (Å²) in [7, 11) is 0. The molecule has 1 heterocycles. The van der Waals surface area contributed by atoms with E-state index in [0.29, 0.717) is 25.1 Å². The highest BCUT2D eigenvalue weighted by atomic mass is 16.1. The number of hydrogen-bond donors (Lipinski definition) is 2. The number of pyridine rings is 1. The summed E-state index contributed by atoms with van der Waals surface area (Å²) in [5.41, 5.74) is 2.60. The molecule has 2 aromatic rings. The summed E-state index contributed by atoms with van der Waals surface area (Å²) in [4.78, 5) is 26.8. The SMILES string of the molecule is CC(=O)c1ccc(NCCC(=O)NCc2ccncc2)cc1. The molecule has 22 heavy (non-hydrogen) atoms. The molecule has 0 aliphatic heterocycles. The third-order valence-corrected chi connectivity index (χ3v) is 3.21. The minimum absolute atomic E-state index is 0.00957. The van der Waals surface area contributed by atoms with Crippen molar-refractivity contribution in [3.8, 4) is 0 Å². The lowest BCUT2D eigenvalue weighted by Gasteiger charge is -2.08. The van der Waals surface area contributed by atoms with Crippen LogP contribution in [0.1, 0.15) is 29.3 Å². The number of hydrogen-bond acceptors (Lipinski definition) is 4. The fourth-order valence-electron chi connectivity index (χ4n) is 1.93. The van der Waals surface area contributed by atoms with Crippen molar-refractivity contribution in [2.45, 2.75) is 19.9 Å². The number of nitrogens with one attached hydrogen (secondary N) is 2. The zero-order valence-corrected chi connectivity index (χ0v) is 12.5. The van der Waals surface area contributed by atoms with Crippen LogP contribution in [0, 0.1) is 0 Å². The summed E-state index contributed by atoms with van der Waals surface area (Å²) in [6, 6.07) is 11.0. The monoisotopic (exact) mass is 297 g/mol. The van der Waals surface area contributed by atoms with Gasteiger partial charge in [0.05, 0.1) is 0 Å². The maximum atomic E-state index is 11.7. The molecule has 1 aromatic carbocycles. The summed E-state index contributed by atoms with van der Waals surface area (Å²) in [6.07, 6.45) is 3.79. The Morgan fingerprint density at radius 2 is 1.73 bits per heavy atom. The number of nitrogens with zero attached hydrogens (tertiary/aromatic N) is 1. The maximum Gasteiger partial charge on any atom is 0.222 e. The van der Waals surface area contributed by atoms with E-state index in [1.807, 2.05) is 24.3 Å². The van der Waals surface area contributed by atoms with Gasteiger partial charge in [-0.1, -0.05) is 0 Å². The van der Waals surface area contributed by atoms with Crippen LogP contribution >= 0.6 is 0 Å². The van der Waals surface area contributed by atoms with E-state index < -0.39 is 0 Å². The molecule has 0 spiro atoms. The lowest BCUT2D eigenvalue weighted by Crippen LogP contribution is -2.24. The summed E-state index contributed by atoms with van der Waals surface area (Å²) in [6.45, 7) is 2.59. The average molecular weight is 297 g/mol. The second kappa shape index (κ2) is 7.93. The van der Waals surface area contributed by atoms with Crippen LogP contribution in [0.4, 0.5) is 5.69 Å². The Morgan fingerprint density at radius 1 is 1.05 bits per heavy atom. The van der Waals surface area contributed by atoms with E-state index in [9.17, 15) is 9.59 Å². The molecule has 0 aliphatic rings. The van der Waals surface area contributed by atoms with Crippen LogP contribution in [0.25, 0.3) is 0 Å². The minimum atomic E-state index is -0.00957. The summed E-state index contributed by atoms with van der Waals surface area (Å²) in [5.74, 6) is 0.0340. The van der Waals surface area contributed by atoms with Gasteiger partial charge in [-0.3, -0.25) is 14.6 Å². The van der Waals surface area contributed by atoms with Crippen LogP contribution in [-0.4, -0.2) is 23.2 Å². The Labute approximate surface area is 129 Å². The summed E-state index contributed by atoms with van der Waals surface area (Å²) >= 11 is 0. The van der Waals surface area contributed by atoms with Crippen LogP contribution in [0.5, 0.6) is 0 Å². The number of carbonyl (C=O) groups excluding carboxylic acids is 2. The number of carbonyl (C=O) groups is 2. The number of ketones is 1. The lowest BCUT2D eigenvalue weighted by molar-refractivity contribution is -0.121. The standard InChI is InChI=1S/C17H19N3O2/c1-13(21)15-2-4-16(5-3-15)19-11-8-17(22)20-12-14-6-9-18-10-7-14/h2-7,9-10,19H,8,11-12H2,1H3,(H,20,22). The van der Waals surface area contributed by atoms with Crippen LogP contribution in [0.15, 0.2) is 48.8 Å².